The van der Waals surface area contributed by atoms with Crippen molar-refractivity contribution < 1.29 is 14.4 Å². The second-order valence-electron chi connectivity index (χ2n) is 8.63. The van der Waals surface area contributed by atoms with E-state index in [0.717, 1.165) is 17.1 Å². The first kappa shape index (κ1) is 29.8. The average Bonchev–Trinajstić information content (AvgIpc) is 2.99. The quantitative estimate of drug-likeness (QED) is 0.165. The normalized spacial score (nSPS) is 10.4. The zero-order chi connectivity index (χ0) is 28.3. The minimum Gasteiger partial charge on any atom is -0.337 e. The van der Waals surface area contributed by atoms with Crippen LogP contribution in [0.2, 0.25) is 0 Å². The van der Waals surface area contributed by atoms with Crippen LogP contribution >= 0.6 is 0 Å². The van der Waals surface area contributed by atoms with Gasteiger partial charge in [0.1, 0.15) is 0 Å². The van der Waals surface area contributed by atoms with Gasteiger partial charge in [-0.15, -0.1) is 0 Å². The third-order valence-electron chi connectivity index (χ3n) is 5.61. The Morgan fingerprint density at radius 1 is 0.500 bits per heavy atom. The maximum Gasteiger partial charge on any atom is 0.315 e. The Hall–Kier alpha value is -4.78. The fourth-order valence-corrected chi connectivity index (χ4v) is 3.53. The average molecular weight is 549 g/mol. The van der Waals surface area contributed by atoms with Crippen molar-refractivity contribution in [2.24, 2.45) is 0 Å². The van der Waals surface area contributed by atoms with Crippen LogP contribution in [0.15, 0.2) is 73.2 Å². The Kier molecular flexibility index (Phi) is 13.2. The summed E-state index contributed by atoms with van der Waals surface area (Å²) in [7, 11) is 0. The van der Waals surface area contributed by atoms with Crippen LogP contribution in [0.25, 0.3) is 0 Å². The zero-order valence-electron chi connectivity index (χ0n) is 22.3. The number of carbonyl (C=O) groups excluding carboxylic acids is 3. The highest BCUT2D eigenvalue weighted by Crippen LogP contribution is 1.94. The lowest BCUT2D eigenvalue weighted by Crippen LogP contribution is -2.46. The van der Waals surface area contributed by atoms with E-state index in [4.69, 9.17) is 0 Å². The smallest absolute Gasteiger partial charge is 0.315 e. The van der Waals surface area contributed by atoms with Gasteiger partial charge in [-0.05, 0) is 36.4 Å². The molecule has 0 spiro atoms. The molecule has 0 unspecified atom stereocenters. The molecule has 13 nitrogen and oxygen atoms in total. The molecule has 3 aromatic heterocycles. The molecule has 6 N–H and O–H groups in total. The maximum absolute atomic E-state index is 12.2. The van der Waals surface area contributed by atoms with Crippen molar-refractivity contribution in [1.29, 1.82) is 0 Å². The highest BCUT2D eigenvalue weighted by atomic mass is 16.2. The van der Waals surface area contributed by atoms with Gasteiger partial charge >= 0.3 is 18.1 Å². The molecular formula is C27H36N10O3. The minimum atomic E-state index is -0.301. The van der Waals surface area contributed by atoms with E-state index in [1.165, 1.54) is 0 Å². The molecule has 3 heterocycles. The van der Waals surface area contributed by atoms with Crippen LogP contribution in [0.4, 0.5) is 14.4 Å². The summed E-state index contributed by atoms with van der Waals surface area (Å²) >= 11 is 0. The Bertz CT molecular complexity index is 1010. The second-order valence-corrected chi connectivity index (χ2v) is 8.63. The van der Waals surface area contributed by atoms with Crippen molar-refractivity contribution >= 4 is 18.1 Å². The number of aromatic nitrogens is 3. The predicted molar refractivity (Wildman–Crippen MR) is 150 cm³/mol. The molecule has 0 aliphatic rings. The Morgan fingerprint density at radius 2 is 0.825 bits per heavy atom. The molecule has 0 saturated carbocycles. The third kappa shape index (κ3) is 12.6. The molecule has 13 heteroatoms. The van der Waals surface area contributed by atoms with Crippen molar-refractivity contribution in [1.82, 2.24) is 51.8 Å². The Balaban J connectivity index is 1.37. The standard InChI is InChI=1S/C27H36N10O3/c38-25(34-19-22-7-1-4-10-28-22)31-13-16-37(17-14-32-26(39)35-20-23-8-2-5-11-29-23)18-15-33-27(40)36-21-24-9-3-6-12-30-24/h1-12H,13-21H2,(H2,31,34,38)(H2,32,35,39)(H2,33,36,40). The number of rotatable bonds is 15. The summed E-state index contributed by atoms with van der Waals surface area (Å²) in [5, 5.41) is 16.8. The fraction of sp³-hybridized carbons (Fsp3) is 0.333. The Morgan fingerprint density at radius 3 is 1.10 bits per heavy atom. The monoisotopic (exact) mass is 548 g/mol. The summed E-state index contributed by atoms with van der Waals surface area (Å²) in [5.74, 6) is 0. The highest BCUT2D eigenvalue weighted by molar-refractivity contribution is 5.74. The van der Waals surface area contributed by atoms with Gasteiger partial charge in [0.2, 0.25) is 0 Å². The van der Waals surface area contributed by atoms with Gasteiger partial charge in [0, 0.05) is 57.9 Å². The summed E-state index contributed by atoms with van der Waals surface area (Å²) in [6.45, 7) is 3.67. The lowest BCUT2D eigenvalue weighted by molar-refractivity contribution is 0.227. The molecule has 212 valence electrons. The number of urea groups is 3. The van der Waals surface area contributed by atoms with Crippen LogP contribution in [0, 0.1) is 0 Å². The van der Waals surface area contributed by atoms with E-state index in [1.807, 2.05) is 59.5 Å². The number of carbonyl (C=O) groups is 3. The number of hydrogen-bond donors (Lipinski definition) is 6. The molecule has 6 amide bonds. The predicted octanol–water partition coefficient (Wildman–Crippen LogP) is 0.972. The SMILES string of the molecule is O=C(NCCN(CCNC(=O)NCc1ccccn1)CCNC(=O)NCc1ccccn1)NCc1ccccn1. The number of nitrogens with one attached hydrogen (secondary N) is 6. The molecular weight excluding hydrogens is 512 g/mol. The molecule has 0 fully saturated rings. The van der Waals surface area contributed by atoms with Gasteiger partial charge in [-0.25, -0.2) is 14.4 Å². The second kappa shape index (κ2) is 17.7. The molecule has 0 aliphatic heterocycles. The first-order valence-corrected chi connectivity index (χ1v) is 13.1. The van der Waals surface area contributed by atoms with Crippen LogP contribution in [0.1, 0.15) is 17.1 Å². The summed E-state index contributed by atoms with van der Waals surface area (Å²) in [6.07, 6.45) is 5.02. The Labute approximate surface area is 233 Å². The van der Waals surface area contributed by atoms with Gasteiger partial charge in [0.05, 0.1) is 36.7 Å². The van der Waals surface area contributed by atoms with Crippen LogP contribution in [-0.4, -0.2) is 77.2 Å². The molecule has 0 saturated heterocycles. The van der Waals surface area contributed by atoms with E-state index in [1.54, 1.807) is 18.6 Å². The first-order valence-electron chi connectivity index (χ1n) is 13.1. The molecule has 0 atom stereocenters. The minimum absolute atomic E-state index is 0.301. The molecule has 40 heavy (non-hydrogen) atoms. The van der Waals surface area contributed by atoms with Gasteiger partial charge in [0.15, 0.2) is 0 Å². The van der Waals surface area contributed by atoms with E-state index in [9.17, 15) is 14.4 Å². The molecule has 0 bridgehead atoms. The van der Waals surface area contributed by atoms with E-state index < -0.39 is 0 Å². The molecule has 0 radical (unpaired) electrons. The van der Waals surface area contributed by atoms with E-state index in [-0.39, 0.29) is 18.1 Å². The maximum atomic E-state index is 12.2. The molecule has 0 aromatic carbocycles. The highest BCUT2D eigenvalue weighted by Gasteiger charge is 2.09. The van der Waals surface area contributed by atoms with Crippen molar-refractivity contribution in [2.45, 2.75) is 19.6 Å². The van der Waals surface area contributed by atoms with E-state index in [2.05, 4.69) is 46.9 Å². The van der Waals surface area contributed by atoms with Gasteiger partial charge in [-0.1, -0.05) is 18.2 Å². The first-order chi connectivity index (χ1) is 19.6. The fourth-order valence-electron chi connectivity index (χ4n) is 3.53. The number of amides is 6. The van der Waals surface area contributed by atoms with Crippen LogP contribution < -0.4 is 31.9 Å². The number of pyridine rings is 3. The van der Waals surface area contributed by atoms with Crippen LogP contribution in [-0.2, 0) is 19.6 Å². The van der Waals surface area contributed by atoms with Crippen LogP contribution in [0.3, 0.4) is 0 Å². The van der Waals surface area contributed by atoms with Crippen LogP contribution in [0.5, 0.6) is 0 Å². The van der Waals surface area contributed by atoms with Crippen molar-refractivity contribution in [3.05, 3.63) is 90.3 Å². The number of nitrogens with zero attached hydrogens (tertiary/aromatic N) is 4. The van der Waals surface area contributed by atoms with Gasteiger partial charge in [-0.2, -0.15) is 0 Å². The molecule has 3 aromatic rings. The topological polar surface area (TPSA) is 165 Å². The van der Waals surface area contributed by atoms with Gasteiger partial charge in [0.25, 0.3) is 0 Å². The number of hydrogen-bond acceptors (Lipinski definition) is 7. The molecule has 3 rings (SSSR count). The van der Waals surface area contributed by atoms with E-state index >= 15 is 0 Å². The molecule has 0 aliphatic carbocycles. The van der Waals surface area contributed by atoms with E-state index in [0.29, 0.717) is 58.9 Å². The van der Waals surface area contributed by atoms with Crippen molar-refractivity contribution in [2.75, 3.05) is 39.3 Å². The third-order valence-corrected chi connectivity index (χ3v) is 5.61. The summed E-state index contributed by atoms with van der Waals surface area (Å²) in [4.78, 5) is 51.1. The largest absolute Gasteiger partial charge is 0.337 e. The van der Waals surface area contributed by atoms with Gasteiger partial charge < -0.3 is 31.9 Å². The van der Waals surface area contributed by atoms with Crippen molar-refractivity contribution in [3.8, 4) is 0 Å². The summed E-state index contributed by atoms with van der Waals surface area (Å²) < 4.78 is 0. The van der Waals surface area contributed by atoms with Crippen molar-refractivity contribution in [3.63, 3.8) is 0 Å². The van der Waals surface area contributed by atoms with Gasteiger partial charge in [-0.3, -0.25) is 19.9 Å². The summed E-state index contributed by atoms with van der Waals surface area (Å²) in [6, 6.07) is 15.6. The summed E-state index contributed by atoms with van der Waals surface area (Å²) in [5.41, 5.74) is 2.29. The zero-order valence-corrected chi connectivity index (χ0v) is 22.3. The lowest BCUT2D eigenvalue weighted by Gasteiger charge is -2.23. The lowest BCUT2D eigenvalue weighted by atomic mass is 10.3.